The minimum absolute atomic E-state index is 0.0322. The molecule has 40 heavy (non-hydrogen) atoms. The fourth-order valence-corrected chi connectivity index (χ4v) is 2.58. The van der Waals surface area contributed by atoms with E-state index < -0.39 is 5.97 Å². The lowest BCUT2D eigenvalue weighted by molar-refractivity contribution is -0.131. The summed E-state index contributed by atoms with van der Waals surface area (Å²) in [5.74, 6) is -0.922. The summed E-state index contributed by atoms with van der Waals surface area (Å²) in [6.07, 6.45) is 2.68. The summed E-state index contributed by atoms with van der Waals surface area (Å²) in [6.45, 7) is 8.90. The maximum absolute atomic E-state index is 10.1. The van der Waals surface area contributed by atoms with Gasteiger partial charge in [0.25, 0.3) is 0 Å². The number of carboxylic acids is 1. The first kappa shape index (κ1) is 38.0. The molecule has 0 aliphatic rings. The largest absolute Gasteiger partial charge is 0.478 e. The number of aliphatic hydroxyl groups is 1. The monoisotopic (exact) mass is 576 g/mol. The SMILES string of the molecule is COCCOCCOCCOCCOCCOCCOCCOCCOCCO.O=C(O)C=Cc1ccccc1. The van der Waals surface area contributed by atoms with E-state index in [4.69, 9.17) is 52.8 Å². The molecule has 0 unspecified atom stereocenters. The van der Waals surface area contributed by atoms with Gasteiger partial charge >= 0.3 is 5.97 Å². The second-order valence-corrected chi connectivity index (χ2v) is 7.70. The van der Waals surface area contributed by atoms with Crippen LogP contribution in [0.1, 0.15) is 5.56 Å². The molecule has 232 valence electrons. The van der Waals surface area contributed by atoms with Gasteiger partial charge in [-0.25, -0.2) is 4.79 Å². The lowest BCUT2D eigenvalue weighted by atomic mass is 10.2. The highest BCUT2D eigenvalue weighted by Crippen LogP contribution is 2.00. The molecule has 0 bridgehead atoms. The van der Waals surface area contributed by atoms with Gasteiger partial charge in [-0.1, -0.05) is 30.3 Å². The van der Waals surface area contributed by atoms with Crippen LogP contribution in [-0.4, -0.2) is 142 Å². The summed E-state index contributed by atoms with van der Waals surface area (Å²) in [7, 11) is 1.64. The predicted octanol–water partition coefficient (Wildman–Crippen LogP) is 1.54. The van der Waals surface area contributed by atoms with Crippen LogP contribution in [-0.2, 0) is 47.4 Å². The Morgan fingerprint density at radius 3 is 1.20 bits per heavy atom. The second kappa shape index (κ2) is 33.2. The van der Waals surface area contributed by atoms with Crippen molar-refractivity contribution in [2.24, 2.45) is 0 Å². The Morgan fingerprint density at radius 1 is 0.575 bits per heavy atom. The van der Waals surface area contributed by atoms with Gasteiger partial charge in [0.2, 0.25) is 0 Å². The molecule has 1 aromatic rings. The van der Waals surface area contributed by atoms with Crippen LogP contribution in [0.25, 0.3) is 6.08 Å². The number of hydrogen-bond acceptors (Lipinski definition) is 11. The minimum atomic E-state index is -0.922. The molecule has 0 spiro atoms. The van der Waals surface area contributed by atoms with Crippen LogP contribution in [0.4, 0.5) is 0 Å². The van der Waals surface area contributed by atoms with E-state index in [1.54, 1.807) is 13.2 Å². The molecular weight excluding hydrogens is 528 g/mol. The lowest BCUT2D eigenvalue weighted by Crippen LogP contribution is -2.15. The third kappa shape index (κ3) is 32.2. The van der Waals surface area contributed by atoms with Gasteiger partial charge in [-0.2, -0.15) is 0 Å². The van der Waals surface area contributed by atoms with Crippen molar-refractivity contribution >= 4 is 12.0 Å². The molecule has 0 radical (unpaired) electrons. The van der Waals surface area contributed by atoms with E-state index in [1.807, 2.05) is 30.3 Å². The van der Waals surface area contributed by atoms with Crippen LogP contribution in [0.5, 0.6) is 0 Å². The van der Waals surface area contributed by atoms with E-state index in [0.717, 1.165) is 11.6 Å². The number of hydrogen-bond donors (Lipinski definition) is 2. The Morgan fingerprint density at radius 2 is 0.900 bits per heavy atom. The van der Waals surface area contributed by atoms with Crippen molar-refractivity contribution < 1.29 is 57.6 Å². The molecule has 0 heterocycles. The topological polar surface area (TPSA) is 141 Å². The van der Waals surface area contributed by atoms with Gasteiger partial charge in [0.1, 0.15) is 0 Å². The van der Waals surface area contributed by atoms with Crippen molar-refractivity contribution in [2.45, 2.75) is 0 Å². The Kier molecular flexibility index (Phi) is 31.6. The molecule has 0 saturated carbocycles. The molecule has 0 amide bonds. The second-order valence-electron chi connectivity index (χ2n) is 7.70. The quantitative estimate of drug-likeness (QED) is 0.110. The van der Waals surface area contributed by atoms with E-state index >= 15 is 0 Å². The maximum Gasteiger partial charge on any atom is 0.328 e. The standard InChI is InChI=1S/C19H40O10.C9H8O2/c1-21-4-5-23-8-9-25-12-13-27-16-17-29-19-18-28-15-14-26-11-10-24-7-6-22-3-2-20;10-9(11)7-6-8-4-2-1-3-5-8/h20H,2-19H2,1H3;1-7H,(H,10,11). The van der Waals surface area contributed by atoms with E-state index in [1.165, 1.54) is 0 Å². The van der Waals surface area contributed by atoms with Crippen LogP contribution in [0, 0.1) is 0 Å². The van der Waals surface area contributed by atoms with Crippen LogP contribution in [0.3, 0.4) is 0 Å². The van der Waals surface area contributed by atoms with Crippen molar-refractivity contribution in [3.63, 3.8) is 0 Å². The third-order valence-electron chi connectivity index (χ3n) is 4.49. The van der Waals surface area contributed by atoms with Crippen LogP contribution >= 0.6 is 0 Å². The molecule has 0 saturated heterocycles. The molecule has 2 N–H and O–H groups in total. The first-order valence-electron chi connectivity index (χ1n) is 13.4. The van der Waals surface area contributed by atoms with Crippen molar-refractivity contribution in [1.82, 2.24) is 0 Å². The van der Waals surface area contributed by atoms with Gasteiger partial charge in [0.15, 0.2) is 0 Å². The van der Waals surface area contributed by atoms with Crippen LogP contribution < -0.4 is 0 Å². The van der Waals surface area contributed by atoms with E-state index in [2.05, 4.69) is 0 Å². The normalized spacial score (nSPS) is 11.1. The predicted molar refractivity (Wildman–Crippen MR) is 149 cm³/mol. The Balaban J connectivity index is 0.00000114. The smallest absolute Gasteiger partial charge is 0.328 e. The van der Waals surface area contributed by atoms with Gasteiger partial charge in [-0.3, -0.25) is 0 Å². The number of benzene rings is 1. The number of aliphatic carboxylic acids is 1. The number of aliphatic hydroxyl groups excluding tert-OH is 1. The zero-order valence-corrected chi connectivity index (χ0v) is 23.7. The Labute approximate surface area is 238 Å². The molecular formula is C28H48O12. The minimum Gasteiger partial charge on any atom is -0.478 e. The van der Waals surface area contributed by atoms with Gasteiger partial charge in [-0.05, 0) is 11.6 Å². The van der Waals surface area contributed by atoms with Gasteiger partial charge in [0, 0.05) is 13.2 Å². The fraction of sp³-hybridized carbons (Fsp3) is 0.679. The molecule has 12 nitrogen and oxygen atoms in total. The summed E-state index contributed by atoms with van der Waals surface area (Å²) in [4.78, 5) is 10.1. The third-order valence-corrected chi connectivity index (χ3v) is 4.49. The number of ether oxygens (including phenoxy) is 9. The average molecular weight is 577 g/mol. The summed E-state index contributed by atoms with van der Waals surface area (Å²) >= 11 is 0. The molecule has 0 aliphatic carbocycles. The van der Waals surface area contributed by atoms with Crippen LogP contribution in [0.2, 0.25) is 0 Å². The lowest BCUT2D eigenvalue weighted by Gasteiger charge is -2.08. The summed E-state index contributed by atoms with van der Waals surface area (Å²) in [6, 6.07) is 9.31. The molecule has 1 aromatic carbocycles. The Bertz CT molecular complexity index is 634. The van der Waals surface area contributed by atoms with Crippen LogP contribution in [0.15, 0.2) is 36.4 Å². The summed E-state index contributed by atoms with van der Waals surface area (Å²) in [5, 5.41) is 16.8. The van der Waals surface area contributed by atoms with Gasteiger partial charge in [-0.15, -0.1) is 0 Å². The molecule has 0 aliphatic heterocycles. The first-order valence-corrected chi connectivity index (χ1v) is 13.4. The summed E-state index contributed by atoms with van der Waals surface area (Å²) < 4.78 is 47.4. The number of methoxy groups -OCH3 is 1. The van der Waals surface area contributed by atoms with Gasteiger partial charge in [0.05, 0.1) is 119 Å². The highest BCUT2D eigenvalue weighted by Gasteiger charge is 1.95. The molecule has 0 aromatic heterocycles. The van der Waals surface area contributed by atoms with Crippen molar-refractivity contribution in [3.05, 3.63) is 42.0 Å². The highest BCUT2D eigenvalue weighted by atomic mass is 16.6. The maximum atomic E-state index is 10.1. The van der Waals surface area contributed by atoms with E-state index in [9.17, 15) is 4.79 Å². The highest BCUT2D eigenvalue weighted by molar-refractivity contribution is 5.85. The Hall–Kier alpha value is -1.97. The van der Waals surface area contributed by atoms with Gasteiger partial charge < -0.3 is 52.8 Å². The number of carboxylic acid groups (broad SMARTS) is 1. The van der Waals surface area contributed by atoms with Crippen molar-refractivity contribution in [1.29, 1.82) is 0 Å². The number of carbonyl (C=O) groups is 1. The van der Waals surface area contributed by atoms with E-state index in [0.29, 0.717) is 112 Å². The average Bonchev–Trinajstić information content (AvgIpc) is 2.97. The van der Waals surface area contributed by atoms with E-state index in [-0.39, 0.29) is 6.61 Å². The van der Waals surface area contributed by atoms with Crippen molar-refractivity contribution in [3.8, 4) is 0 Å². The molecule has 0 fully saturated rings. The number of rotatable bonds is 28. The molecule has 1 rings (SSSR count). The molecule has 12 heteroatoms. The zero-order chi connectivity index (χ0) is 29.2. The molecule has 0 atom stereocenters. The zero-order valence-electron chi connectivity index (χ0n) is 23.7. The summed E-state index contributed by atoms with van der Waals surface area (Å²) in [5.41, 5.74) is 0.898. The van der Waals surface area contributed by atoms with Crippen molar-refractivity contribution in [2.75, 3.05) is 126 Å². The first-order chi connectivity index (χ1) is 19.7. The fourth-order valence-electron chi connectivity index (χ4n) is 2.58.